The molecule has 6 heteroatoms. The number of amides is 2. The zero-order valence-electron chi connectivity index (χ0n) is 21.7. The summed E-state index contributed by atoms with van der Waals surface area (Å²) < 4.78 is 6.29. The van der Waals surface area contributed by atoms with Gasteiger partial charge in [0.1, 0.15) is 12.4 Å². The number of para-hydroxylation sites is 2. The maximum Gasteiger partial charge on any atom is 0.257 e. The van der Waals surface area contributed by atoms with Crippen LogP contribution in [0.1, 0.15) is 66.7 Å². The number of carbonyl (C=O) groups excluding carboxylic acids is 2. The molecule has 0 fully saturated rings. The first-order valence-corrected chi connectivity index (χ1v) is 13.1. The highest BCUT2D eigenvalue weighted by molar-refractivity contribution is 5.98. The van der Waals surface area contributed by atoms with Crippen molar-refractivity contribution < 1.29 is 14.3 Å². The van der Waals surface area contributed by atoms with E-state index in [0.29, 0.717) is 42.5 Å². The van der Waals surface area contributed by atoms with Crippen LogP contribution in [0, 0.1) is 5.92 Å². The molecule has 1 aliphatic rings. The zero-order chi connectivity index (χ0) is 25.5. The van der Waals surface area contributed by atoms with Gasteiger partial charge in [0.2, 0.25) is 0 Å². The predicted octanol–water partition coefficient (Wildman–Crippen LogP) is 5.82. The van der Waals surface area contributed by atoms with Crippen molar-refractivity contribution in [3.8, 4) is 5.75 Å². The largest absolute Gasteiger partial charge is 0.491 e. The molecular formula is C30H37N3O3. The van der Waals surface area contributed by atoms with Gasteiger partial charge in [-0.2, -0.15) is 0 Å². The fourth-order valence-electron chi connectivity index (χ4n) is 4.88. The summed E-state index contributed by atoms with van der Waals surface area (Å²) in [5.41, 5.74) is 2.04. The van der Waals surface area contributed by atoms with E-state index in [1.165, 1.54) is 0 Å². The number of ether oxygens (including phenoxy) is 1. The minimum absolute atomic E-state index is 0.0151. The van der Waals surface area contributed by atoms with Gasteiger partial charge < -0.3 is 14.5 Å². The van der Waals surface area contributed by atoms with Gasteiger partial charge in [-0.1, -0.05) is 57.0 Å². The molecule has 0 bridgehead atoms. The van der Waals surface area contributed by atoms with Crippen LogP contribution in [0.25, 0.3) is 10.9 Å². The molecule has 190 valence electrons. The molecule has 0 radical (unpaired) electrons. The summed E-state index contributed by atoms with van der Waals surface area (Å²) in [4.78, 5) is 35.3. The Kier molecular flexibility index (Phi) is 8.57. The summed E-state index contributed by atoms with van der Waals surface area (Å²) in [6.45, 7) is 6.03. The van der Waals surface area contributed by atoms with Gasteiger partial charge in [-0.25, -0.2) is 0 Å². The smallest absolute Gasteiger partial charge is 0.257 e. The van der Waals surface area contributed by atoms with E-state index < -0.39 is 0 Å². The molecular weight excluding hydrogens is 450 g/mol. The highest BCUT2D eigenvalue weighted by Crippen LogP contribution is 2.24. The van der Waals surface area contributed by atoms with E-state index >= 15 is 0 Å². The third kappa shape index (κ3) is 6.23. The fourth-order valence-corrected chi connectivity index (χ4v) is 4.88. The van der Waals surface area contributed by atoms with Crippen LogP contribution < -0.4 is 4.74 Å². The van der Waals surface area contributed by atoms with Crippen molar-refractivity contribution >= 4 is 22.7 Å². The lowest BCUT2D eigenvalue weighted by molar-refractivity contribution is 0.0567. The summed E-state index contributed by atoms with van der Waals surface area (Å²) in [5, 5.41) is 0.957. The Morgan fingerprint density at radius 3 is 2.56 bits per heavy atom. The molecule has 0 spiro atoms. The second-order valence-electron chi connectivity index (χ2n) is 10.1. The van der Waals surface area contributed by atoms with Crippen molar-refractivity contribution in [1.82, 2.24) is 14.8 Å². The maximum absolute atomic E-state index is 13.9. The van der Waals surface area contributed by atoms with Crippen molar-refractivity contribution in [2.24, 2.45) is 5.92 Å². The van der Waals surface area contributed by atoms with Gasteiger partial charge in [0.05, 0.1) is 22.7 Å². The lowest BCUT2D eigenvalue weighted by Crippen LogP contribution is -2.45. The van der Waals surface area contributed by atoms with E-state index in [9.17, 15) is 9.59 Å². The van der Waals surface area contributed by atoms with Crippen LogP contribution in [0.15, 0.2) is 60.8 Å². The van der Waals surface area contributed by atoms with Crippen LogP contribution in [0.3, 0.4) is 0 Å². The molecule has 0 saturated carbocycles. The average molecular weight is 488 g/mol. The molecule has 0 saturated heterocycles. The van der Waals surface area contributed by atoms with Gasteiger partial charge in [0, 0.05) is 31.7 Å². The van der Waals surface area contributed by atoms with Crippen LogP contribution in [0.2, 0.25) is 0 Å². The molecule has 0 N–H and O–H groups in total. The summed E-state index contributed by atoms with van der Waals surface area (Å²) >= 11 is 0. The number of benzene rings is 2. The van der Waals surface area contributed by atoms with E-state index in [1.807, 2.05) is 66.5 Å². The Bertz CT molecular complexity index is 1190. The van der Waals surface area contributed by atoms with E-state index in [4.69, 9.17) is 4.74 Å². The maximum atomic E-state index is 13.9. The highest BCUT2D eigenvalue weighted by Gasteiger charge is 2.27. The number of pyridine rings is 1. The van der Waals surface area contributed by atoms with Gasteiger partial charge in [-0.15, -0.1) is 0 Å². The van der Waals surface area contributed by atoms with Crippen molar-refractivity contribution in [3.63, 3.8) is 0 Å². The summed E-state index contributed by atoms with van der Waals surface area (Å²) in [6.07, 6.45) is 6.37. The first-order chi connectivity index (χ1) is 17.4. The number of nitrogens with zero attached hydrogens (tertiary/aromatic N) is 3. The normalized spacial score (nSPS) is 18.0. The second kappa shape index (κ2) is 12.0. The Balaban J connectivity index is 1.66. The molecule has 4 rings (SSSR count). The highest BCUT2D eigenvalue weighted by atomic mass is 16.5. The lowest BCUT2D eigenvalue weighted by atomic mass is 10.0. The van der Waals surface area contributed by atoms with Gasteiger partial charge >= 0.3 is 0 Å². The fraction of sp³-hybridized carbons (Fsp3) is 0.433. The minimum Gasteiger partial charge on any atom is -0.491 e. The number of hydrogen-bond donors (Lipinski definition) is 0. The van der Waals surface area contributed by atoms with Crippen molar-refractivity contribution in [1.29, 1.82) is 0 Å². The topological polar surface area (TPSA) is 62.7 Å². The molecule has 3 aromatic rings. The van der Waals surface area contributed by atoms with E-state index in [1.54, 1.807) is 11.1 Å². The zero-order valence-corrected chi connectivity index (χ0v) is 21.7. The van der Waals surface area contributed by atoms with Crippen LogP contribution in [-0.2, 0) is 0 Å². The number of aromatic nitrogens is 1. The van der Waals surface area contributed by atoms with Gasteiger partial charge in [-0.05, 0) is 49.4 Å². The predicted molar refractivity (Wildman–Crippen MR) is 143 cm³/mol. The van der Waals surface area contributed by atoms with Crippen LogP contribution in [0.5, 0.6) is 5.75 Å². The Morgan fingerprint density at radius 1 is 1.03 bits per heavy atom. The summed E-state index contributed by atoms with van der Waals surface area (Å²) in [5.74, 6) is 0.905. The first-order valence-electron chi connectivity index (χ1n) is 13.1. The van der Waals surface area contributed by atoms with Gasteiger partial charge in [-0.3, -0.25) is 14.6 Å². The quantitative estimate of drug-likeness (QED) is 0.467. The third-order valence-corrected chi connectivity index (χ3v) is 6.82. The van der Waals surface area contributed by atoms with Crippen molar-refractivity contribution in [2.75, 3.05) is 26.7 Å². The molecule has 2 aromatic carbocycles. The first kappa shape index (κ1) is 25.7. The minimum atomic E-state index is -0.118. The van der Waals surface area contributed by atoms with Crippen LogP contribution >= 0.6 is 0 Å². The van der Waals surface area contributed by atoms with Crippen molar-refractivity contribution in [2.45, 2.75) is 52.0 Å². The van der Waals surface area contributed by atoms with Gasteiger partial charge in [0.15, 0.2) is 0 Å². The molecule has 2 amide bonds. The third-order valence-electron chi connectivity index (χ3n) is 6.82. The SMILES string of the molecule is CC(C)C[C@H]1COc2ccccc2C(=O)N(C)CCCCCCN1C(=O)c1cnc2ccccc2c1. The average Bonchev–Trinajstić information content (AvgIpc) is 2.89. The Morgan fingerprint density at radius 2 is 1.75 bits per heavy atom. The number of fused-ring (bicyclic) bond motifs is 2. The Hall–Kier alpha value is -3.41. The standard InChI is InChI=1S/C30H37N3O3/c1-22(2)18-25-21-36-28-15-9-7-13-26(28)30(35)32(3)16-10-4-5-11-17-33(25)29(34)24-19-23-12-6-8-14-27(23)31-20-24/h6-9,12-15,19-20,22,25H,4-5,10-11,16-18,21H2,1-3H3/t25-/m0/s1. The number of carbonyl (C=O) groups is 2. The number of rotatable bonds is 3. The molecule has 0 aliphatic carbocycles. The molecule has 0 unspecified atom stereocenters. The molecule has 2 heterocycles. The summed E-state index contributed by atoms with van der Waals surface area (Å²) in [7, 11) is 1.85. The second-order valence-corrected chi connectivity index (χ2v) is 10.1. The lowest BCUT2D eigenvalue weighted by Gasteiger charge is -2.33. The Labute approximate surface area is 214 Å². The van der Waals surface area contributed by atoms with E-state index in [0.717, 1.165) is 43.0 Å². The molecule has 1 aromatic heterocycles. The van der Waals surface area contributed by atoms with Crippen LogP contribution in [-0.4, -0.2) is 59.4 Å². The molecule has 36 heavy (non-hydrogen) atoms. The number of hydrogen-bond acceptors (Lipinski definition) is 4. The molecule has 6 nitrogen and oxygen atoms in total. The molecule has 1 atom stereocenters. The van der Waals surface area contributed by atoms with E-state index in [-0.39, 0.29) is 17.9 Å². The van der Waals surface area contributed by atoms with E-state index in [2.05, 4.69) is 18.8 Å². The van der Waals surface area contributed by atoms with Gasteiger partial charge in [0.25, 0.3) is 11.8 Å². The van der Waals surface area contributed by atoms with Crippen LogP contribution in [0.4, 0.5) is 0 Å². The monoisotopic (exact) mass is 487 g/mol. The molecule has 1 aliphatic heterocycles. The van der Waals surface area contributed by atoms with Crippen molar-refractivity contribution in [3.05, 3.63) is 71.9 Å². The summed E-state index contributed by atoms with van der Waals surface area (Å²) in [6, 6.07) is 17.1.